The zero-order valence-corrected chi connectivity index (χ0v) is 14.6. The van der Waals surface area contributed by atoms with Crippen LogP contribution in [0.25, 0.3) is 0 Å². The van der Waals surface area contributed by atoms with Crippen molar-refractivity contribution in [2.45, 2.75) is 32.3 Å². The molecule has 0 saturated carbocycles. The van der Waals surface area contributed by atoms with E-state index >= 15 is 0 Å². The summed E-state index contributed by atoms with van der Waals surface area (Å²) in [4.78, 5) is 5.61. The summed E-state index contributed by atoms with van der Waals surface area (Å²) < 4.78 is 0. The van der Waals surface area contributed by atoms with Gasteiger partial charge < -0.3 is 10.0 Å². The molecule has 0 aliphatic heterocycles. The Hall–Kier alpha value is -2.15. The van der Waals surface area contributed by atoms with E-state index in [0.717, 1.165) is 38.0 Å². The molecular weight excluding hydrogens is 296 g/mol. The summed E-state index contributed by atoms with van der Waals surface area (Å²) in [5.74, 6) is 6.35. The molecule has 2 N–H and O–H groups in total. The fourth-order valence-corrected chi connectivity index (χ4v) is 2.87. The Labute approximate surface area is 145 Å². The fraction of sp³-hybridized carbons (Fsp3) is 0.381. The first-order valence-corrected chi connectivity index (χ1v) is 8.72. The number of nitrogens with zero attached hydrogens (tertiary/aromatic N) is 1. The number of pyridine rings is 1. The Balaban J connectivity index is 2.30. The van der Waals surface area contributed by atoms with Crippen molar-refractivity contribution >= 4 is 0 Å². The van der Waals surface area contributed by atoms with Gasteiger partial charge in [-0.2, -0.15) is 0 Å². The number of hydrogen-bond acceptors (Lipinski definition) is 2. The molecular formula is C21H27N2O+. The van der Waals surface area contributed by atoms with Gasteiger partial charge in [-0.15, -0.1) is 0 Å². The molecule has 1 heterocycles. The summed E-state index contributed by atoms with van der Waals surface area (Å²) in [7, 11) is 0. The van der Waals surface area contributed by atoms with E-state index in [0.29, 0.717) is 5.56 Å². The zero-order chi connectivity index (χ0) is 17.3. The van der Waals surface area contributed by atoms with Gasteiger partial charge in [0.05, 0.1) is 13.1 Å². The molecule has 0 amide bonds. The average molecular weight is 323 g/mol. The van der Waals surface area contributed by atoms with Gasteiger partial charge in [-0.1, -0.05) is 56.2 Å². The zero-order valence-electron chi connectivity index (χ0n) is 14.6. The predicted octanol–water partition coefficient (Wildman–Crippen LogP) is 2.03. The summed E-state index contributed by atoms with van der Waals surface area (Å²) in [6.07, 6.45) is 5.67. The van der Waals surface area contributed by atoms with Crippen molar-refractivity contribution in [3.63, 3.8) is 0 Å². The Bertz CT molecular complexity index is 613. The number of aliphatic hydroxyl groups is 1. The third-order valence-electron chi connectivity index (χ3n) is 4.09. The lowest BCUT2D eigenvalue weighted by Crippen LogP contribution is -3.11. The maximum Gasteiger partial charge on any atom is 0.178 e. The molecule has 0 aliphatic rings. The third kappa shape index (κ3) is 4.67. The quantitative estimate of drug-likeness (QED) is 0.765. The van der Waals surface area contributed by atoms with Gasteiger partial charge in [0.2, 0.25) is 0 Å². The van der Waals surface area contributed by atoms with Gasteiger partial charge in [0, 0.05) is 23.5 Å². The molecule has 0 spiro atoms. The number of hydrogen-bond donors (Lipinski definition) is 2. The van der Waals surface area contributed by atoms with E-state index in [1.165, 1.54) is 4.90 Å². The molecule has 3 nitrogen and oxygen atoms in total. The Kier molecular flexibility index (Phi) is 6.99. The second kappa shape index (κ2) is 9.22. The lowest BCUT2D eigenvalue weighted by atomic mass is 9.88. The van der Waals surface area contributed by atoms with Gasteiger partial charge in [0.25, 0.3) is 0 Å². The van der Waals surface area contributed by atoms with Crippen molar-refractivity contribution < 1.29 is 10.0 Å². The van der Waals surface area contributed by atoms with E-state index in [1.54, 1.807) is 12.4 Å². The molecule has 1 atom stereocenters. The van der Waals surface area contributed by atoms with Crippen molar-refractivity contribution in [2.24, 2.45) is 0 Å². The second-order valence-corrected chi connectivity index (χ2v) is 6.05. The minimum Gasteiger partial charge on any atom is -0.369 e. The highest BCUT2D eigenvalue weighted by atomic mass is 16.3. The molecule has 0 unspecified atom stereocenters. The Morgan fingerprint density at radius 3 is 2.25 bits per heavy atom. The number of benzene rings is 1. The van der Waals surface area contributed by atoms with Gasteiger partial charge in [-0.05, 0) is 24.8 Å². The lowest BCUT2D eigenvalue weighted by molar-refractivity contribution is -0.892. The highest BCUT2D eigenvalue weighted by Crippen LogP contribution is 2.28. The van der Waals surface area contributed by atoms with E-state index in [2.05, 4.69) is 30.7 Å². The lowest BCUT2D eigenvalue weighted by Gasteiger charge is -2.23. The van der Waals surface area contributed by atoms with E-state index in [-0.39, 0.29) is 0 Å². The Morgan fingerprint density at radius 1 is 1.00 bits per heavy atom. The van der Waals surface area contributed by atoms with E-state index < -0.39 is 5.60 Å². The van der Waals surface area contributed by atoms with Crippen LogP contribution in [0.2, 0.25) is 0 Å². The Morgan fingerprint density at radius 2 is 1.67 bits per heavy atom. The number of quaternary nitrogens is 1. The standard InChI is InChI=1S/C21H26N2O/c1-3-15-23(16-4-2)17-9-13-21(24,19-10-6-5-7-11-19)20-12-8-14-22-18-20/h5-8,10-12,14,18,24H,3-4,15-17H2,1-2H3/p+1/t21-/m0/s1. The van der Waals surface area contributed by atoms with Crippen LogP contribution in [0, 0.1) is 11.8 Å². The highest BCUT2D eigenvalue weighted by molar-refractivity contribution is 5.43. The van der Waals surface area contributed by atoms with E-state index in [1.807, 2.05) is 42.5 Å². The molecule has 1 aromatic carbocycles. The van der Waals surface area contributed by atoms with Crippen LogP contribution in [0.5, 0.6) is 0 Å². The topological polar surface area (TPSA) is 37.6 Å². The number of aromatic nitrogens is 1. The number of nitrogens with one attached hydrogen (secondary N) is 1. The minimum atomic E-state index is -1.32. The summed E-state index contributed by atoms with van der Waals surface area (Å²) in [5, 5.41) is 11.3. The molecule has 24 heavy (non-hydrogen) atoms. The van der Waals surface area contributed by atoms with Crippen molar-refractivity contribution in [3.8, 4) is 11.8 Å². The maximum atomic E-state index is 11.3. The van der Waals surface area contributed by atoms with Gasteiger partial charge in [-0.25, -0.2) is 0 Å². The maximum absolute atomic E-state index is 11.3. The SMILES string of the molecule is CCC[NH+](CC#C[C@](O)(c1ccccc1)c1cccnc1)CCC. The average Bonchev–Trinajstić information content (AvgIpc) is 2.63. The van der Waals surface area contributed by atoms with Gasteiger partial charge >= 0.3 is 0 Å². The molecule has 0 bridgehead atoms. The molecule has 0 radical (unpaired) electrons. The molecule has 3 heteroatoms. The van der Waals surface area contributed by atoms with Crippen molar-refractivity contribution in [1.29, 1.82) is 0 Å². The molecule has 2 rings (SSSR count). The molecule has 2 aromatic rings. The summed E-state index contributed by atoms with van der Waals surface area (Å²) in [6, 6.07) is 13.3. The van der Waals surface area contributed by atoms with Crippen molar-refractivity contribution in [2.75, 3.05) is 19.6 Å². The first-order chi connectivity index (χ1) is 11.7. The summed E-state index contributed by atoms with van der Waals surface area (Å²) >= 11 is 0. The molecule has 0 aliphatic carbocycles. The van der Waals surface area contributed by atoms with Crippen molar-refractivity contribution in [1.82, 2.24) is 4.98 Å². The molecule has 126 valence electrons. The van der Waals surface area contributed by atoms with Gasteiger partial charge in [0.1, 0.15) is 6.54 Å². The monoisotopic (exact) mass is 323 g/mol. The number of rotatable bonds is 7. The first kappa shape index (κ1) is 18.2. The summed E-state index contributed by atoms with van der Waals surface area (Å²) in [6.45, 7) is 7.35. The van der Waals surface area contributed by atoms with Crippen LogP contribution >= 0.6 is 0 Å². The molecule has 0 saturated heterocycles. The third-order valence-corrected chi connectivity index (χ3v) is 4.09. The molecule has 0 fully saturated rings. The van der Waals surface area contributed by atoms with E-state index in [9.17, 15) is 5.11 Å². The molecule has 1 aromatic heterocycles. The van der Waals surface area contributed by atoms with Crippen LogP contribution in [0.3, 0.4) is 0 Å². The van der Waals surface area contributed by atoms with Crippen LogP contribution in [0.15, 0.2) is 54.9 Å². The smallest absolute Gasteiger partial charge is 0.178 e. The van der Waals surface area contributed by atoms with E-state index in [4.69, 9.17) is 0 Å². The van der Waals surface area contributed by atoms with Gasteiger partial charge in [-0.3, -0.25) is 4.98 Å². The normalized spacial score (nSPS) is 13.2. The highest BCUT2D eigenvalue weighted by Gasteiger charge is 2.29. The van der Waals surface area contributed by atoms with Crippen LogP contribution in [0.1, 0.15) is 37.8 Å². The van der Waals surface area contributed by atoms with Crippen molar-refractivity contribution in [3.05, 3.63) is 66.0 Å². The van der Waals surface area contributed by atoms with Crippen LogP contribution in [-0.4, -0.2) is 29.7 Å². The minimum absolute atomic E-state index is 0.705. The van der Waals surface area contributed by atoms with Crippen LogP contribution < -0.4 is 4.90 Å². The fourth-order valence-electron chi connectivity index (χ4n) is 2.87. The van der Waals surface area contributed by atoms with Gasteiger partial charge in [0.15, 0.2) is 5.60 Å². The second-order valence-electron chi connectivity index (χ2n) is 6.05. The first-order valence-electron chi connectivity index (χ1n) is 8.72. The van der Waals surface area contributed by atoms with Crippen LogP contribution in [-0.2, 0) is 5.60 Å². The largest absolute Gasteiger partial charge is 0.369 e. The summed E-state index contributed by atoms with van der Waals surface area (Å²) in [5.41, 5.74) is 0.160. The predicted molar refractivity (Wildman–Crippen MR) is 97.6 cm³/mol. The van der Waals surface area contributed by atoms with Crippen LogP contribution in [0.4, 0.5) is 0 Å².